The van der Waals surface area contributed by atoms with E-state index in [-0.39, 0.29) is 0 Å². The summed E-state index contributed by atoms with van der Waals surface area (Å²) in [5.74, 6) is 0. The third-order valence-corrected chi connectivity index (χ3v) is 1.000. The lowest BCUT2D eigenvalue weighted by Gasteiger charge is -2.05. The van der Waals surface area contributed by atoms with Crippen molar-refractivity contribution in [1.82, 2.24) is 0 Å². The van der Waals surface area contributed by atoms with Crippen LogP contribution in [-0.4, -0.2) is 14.2 Å². The van der Waals surface area contributed by atoms with E-state index in [0.717, 1.165) is 0 Å². The van der Waals surface area contributed by atoms with E-state index in [1.807, 2.05) is 0 Å². The largest absolute Gasteiger partial charge is 0.388 e. The smallest absolute Gasteiger partial charge is 0.0351 e. The Hall–Kier alpha value is -0.0400. The Morgan fingerprint density at radius 3 is 1.00 bits per heavy atom. The highest BCUT2D eigenvalue weighted by Gasteiger charge is 1.95. The highest BCUT2D eigenvalue weighted by atomic mass is 16.4. The van der Waals surface area contributed by atoms with E-state index < -0.39 is 0 Å². The Kier molecular flexibility index (Phi) is 5.93. The minimum absolute atomic E-state index is 1.50. The summed E-state index contributed by atoms with van der Waals surface area (Å²) in [5, 5.41) is 0. The molecule has 0 aliphatic heterocycles. The van der Waals surface area contributed by atoms with E-state index in [0.29, 0.717) is 0 Å². The highest BCUT2D eigenvalue weighted by Crippen LogP contribution is 2.15. The van der Waals surface area contributed by atoms with E-state index in [4.69, 9.17) is 0 Å². The Morgan fingerprint density at radius 2 is 1.00 bits per heavy atom. The minimum atomic E-state index is 1.50. The summed E-state index contributed by atoms with van der Waals surface area (Å²) < 4.78 is 4.25. The van der Waals surface area contributed by atoms with Gasteiger partial charge in [-0.1, -0.05) is 25.7 Å². The predicted octanol–water partition coefficient (Wildman–Crippen LogP) is 1.82. The molecule has 0 radical (unpaired) electrons. The molecule has 1 heteroatoms. The van der Waals surface area contributed by atoms with Gasteiger partial charge in [-0.25, -0.2) is 0 Å². The van der Waals surface area contributed by atoms with E-state index in [1.165, 1.54) is 25.7 Å². The van der Waals surface area contributed by atoms with Crippen LogP contribution in [0.4, 0.5) is 0 Å². The molecule has 0 spiro atoms. The molecule has 1 rings (SSSR count). The van der Waals surface area contributed by atoms with Crippen LogP contribution in [0.1, 0.15) is 25.7 Å². The Labute approximate surface area is 45.7 Å². The molecule has 0 bridgehead atoms. The van der Waals surface area contributed by atoms with Crippen LogP contribution in [0.25, 0.3) is 0 Å². The molecule has 1 nitrogen and oxygen atoms in total. The zero-order valence-electron chi connectivity index (χ0n) is 5.24. The Balaban J connectivity index is 0.000000110. The normalized spacial score (nSPS) is 16.3. The second kappa shape index (κ2) is 5.96. The first-order valence-corrected chi connectivity index (χ1v) is 2.82. The van der Waals surface area contributed by atoms with Gasteiger partial charge < -0.3 is 4.74 Å². The van der Waals surface area contributed by atoms with Gasteiger partial charge in [-0.3, -0.25) is 0 Å². The molecule has 0 aromatic rings. The number of ether oxygens (including phenoxy) is 1. The lowest BCUT2D eigenvalue weighted by atomic mass is 10.0. The van der Waals surface area contributed by atoms with Crippen LogP contribution >= 0.6 is 0 Å². The van der Waals surface area contributed by atoms with E-state index in [9.17, 15) is 0 Å². The summed E-state index contributed by atoms with van der Waals surface area (Å²) in [6, 6.07) is 0. The molecule has 7 heavy (non-hydrogen) atoms. The van der Waals surface area contributed by atoms with Crippen molar-refractivity contribution >= 4 is 0 Å². The first-order chi connectivity index (χ1) is 3.41. The van der Waals surface area contributed by atoms with Crippen molar-refractivity contribution < 1.29 is 4.74 Å². The molecule has 1 aliphatic rings. The SMILES string of the molecule is C1CCC1.COC. The lowest BCUT2D eigenvalue weighted by molar-refractivity contribution is 0.277. The quantitative estimate of drug-likeness (QED) is 0.453. The number of methoxy groups -OCH3 is 1. The predicted molar refractivity (Wildman–Crippen MR) is 31.4 cm³/mol. The van der Waals surface area contributed by atoms with Gasteiger partial charge >= 0.3 is 0 Å². The fourth-order valence-corrected chi connectivity index (χ4v) is 0.250. The van der Waals surface area contributed by atoms with Crippen LogP contribution in [0, 0.1) is 0 Å². The molecule has 1 aliphatic carbocycles. The van der Waals surface area contributed by atoms with Crippen molar-refractivity contribution in [2.24, 2.45) is 0 Å². The lowest BCUT2D eigenvalue weighted by Crippen LogP contribution is -1.85. The van der Waals surface area contributed by atoms with Crippen LogP contribution in [0.5, 0.6) is 0 Å². The summed E-state index contributed by atoms with van der Waals surface area (Å²) in [6.45, 7) is 0. The molecule has 0 heterocycles. The maximum Gasteiger partial charge on any atom is 0.0351 e. The molecular weight excluding hydrogens is 88.1 g/mol. The molecule has 44 valence electrons. The highest BCUT2D eigenvalue weighted by molar-refractivity contribution is 4.50. The van der Waals surface area contributed by atoms with Crippen molar-refractivity contribution in [3.05, 3.63) is 0 Å². The third kappa shape index (κ3) is 5.96. The molecule has 1 saturated carbocycles. The summed E-state index contributed by atoms with van der Waals surface area (Å²) in [4.78, 5) is 0. The van der Waals surface area contributed by atoms with Gasteiger partial charge in [0.1, 0.15) is 0 Å². The fraction of sp³-hybridized carbons (Fsp3) is 1.00. The maximum absolute atomic E-state index is 4.25. The van der Waals surface area contributed by atoms with Gasteiger partial charge in [-0.05, 0) is 0 Å². The van der Waals surface area contributed by atoms with Crippen LogP contribution < -0.4 is 0 Å². The summed E-state index contributed by atoms with van der Waals surface area (Å²) >= 11 is 0. The van der Waals surface area contributed by atoms with E-state index in [2.05, 4.69) is 4.74 Å². The van der Waals surface area contributed by atoms with Crippen molar-refractivity contribution in [3.8, 4) is 0 Å². The molecule has 0 atom stereocenters. The number of rotatable bonds is 0. The maximum atomic E-state index is 4.25. The van der Waals surface area contributed by atoms with Gasteiger partial charge in [0.05, 0.1) is 0 Å². The zero-order valence-corrected chi connectivity index (χ0v) is 5.24. The van der Waals surface area contributed by atoms with Gasteiger partial charge in [-0.15, -0.1) is 0 Å². The monoisotopic (exact) mass is 102 g/mol. The summed E-state index contributed by atoms with van der Waals surface area (Å²) in [6.07, 6.45) is 6.00. The van der Waals surface area contributed by atoms with Crippen LogP contribution in [0.15, 0.2) is 0 Å². The standard InChI is InChI=1S/C4H8.C2H6O/c1-2-4-3-1;1-3-2/h1-4H2;1-2H3. The van der Waals surface area contributed by atoms with Crippen LogP contribution in [-0.2, 0) is 4.74 Å². The molecule has 0 aromatic carbocycles. The zero-order chi connectivity index (χ0) is 5.54. The average Bonchev–Trinajstić information content (AvgIpc) is 1.27. The van der Waals surface area contributed by atoms with Crippen molar-refractivity contribution in [1.29, 1.82) is 0 Å². The second-order valence-corrected chi connectivity index (χ2v) is 1.82. The molecule has 0 amide bonds. The molecule has 0 N–H and O–H groups in total. The van der Waals surface area contributed by atoms with Crippen molar-refractivity contribution in [2.45, 2.75) is 25.7 Å². The first-order valence-electron chi connectivity index (χ1n) is 2.82. The number of hydrogen-bond acceptors (Lipinski definition) is 1. The molecule has 0 unspecified atom stereocenters. The number of hydrogen-bond donors (Lipinski definition) is 0. The fourth-order valence-electron chi connectivity index (χ4n) is 0.250. The van der Waals surface area contributed by atoms with Gasteiger partial charge in [0.15, 0.2) is 0 Å². The van der Waals surface area contributed by atoms with Crippen LogP contribution in [0.3, 0.4) is 0 Å². The van der Waals surface area contributed by atoms with E-state index in [1.54, 1.807) is 14.2 Å². The third-order valence-electron chi connectivity index (χ3n) is 1.000. The van der Waals surface area contributed by atoms with Gasteiger partial charge in [0.2, 0.25) is 0 Å². The second-order valence-electron chi connectivity index (χ2n) is 1.82. The minimum Gasteiger partial charge on any atom is -0.388 e. The van der Waals surface area contributed by atoms with Crippen molar-refractivity contribution in [3.63, 3.8) is 0 Å². The molecule has 1 fully saturated rings. The topological polar surface area (TPSA) is 9.23 Å². The van der Waals surface area contributed by atoms with Gasteiger partial charge in [-0.2, -0.15) is 0 Å². The Morgan fingerprint density at radius 1 is 0.857 bits per heavy atom. The van der Waals surface area contributed by atoms with Gasteiger partial charge in [0, 0.05) is 14.2 Å². The first kappa shape index (κ1) is 6.96. The van der Waals surface area contributed by atoms with E-state index >= 15 is 0 Å². The molecule has 0 aromatic heterocycles. The molecular formula is C6H14O. The summed E-state index contributed by atoms with van der Waals surface area (Å²) in [7, 11) is 3.25. The van der Waals surface area contributed by atoms with Crippen molar-refractivity contribution in [2.75, 3.05) is 14.2 Å². The van der Waals surface area contributed by atoms with Crippen LogP contribution in [0.2, 0.25) is 0 Å². The molecule has 0 saturated heterocycles. The van der Waals surface area contributed by atoms with Gasteiger partial charge in [0.25, 0.3) is 0 Å². The Bertz CT molecular complexity index is 19.4. The summed E-state index contributed by atoms with van der Waals surface area (Å²) in [5.41, 5.74) is 0. The average molecular weight is 102 g/mol.